The van der Waals surface area contributed by atoms with E-state index in [1.807, 2.05) is 24.4 Å². The minimum absolute atomic E-state index is 0.104. The Labute approximate surface area is 185 Å². The number of hydrogen-bond acceptors (Lipinski definition) is 8. The predicted octanol–water partition coefficient (Wildman–Crippen LogP) is 3.95. The lowest BCUT2D eigenvalue weighted by atomic mass is 10.1. The van der Waals surface area contributed by atoms with Crippen LogP contribution in [0.3, 0.4) is 0 Å². The van der Waals surface area contributed by atoms with Crippen molar-refractivity contribution >= 4 is 60.5 Å². The molecular formula is C21H19N3O5S2. The third-order valence-electron chi connectivity index (χ3n) is 4.59. The summed E-state index contributed by atoms with van der Waals surface area (Å²) in [5.74, 6) is 0.139. The molecule has 2 aromatic carbocycles. The van der Waals surface area contributed by atoms with E-state index in [1.54, 1.807) is 22.7 Å². The molecule has 2 heterocycles. The van der Waals surface area contributed by atoms with Crippen LogP contribution in [0.15, 0.2) is 29.6 Å². The van der Waals surface area contributed by atoms with Gasteiger partial charge in [0, 0.05) is 17.5 Å². The molecule has 4 aromatic rings. The van der Waals surface area contributed by atoms with Crippen LogP contribution in [0.4, 0.5) is 5.69 Å². The lowest BCUT2D eigenvalue weighted by molar-refractivity contribution is -0.118. The number of methoxy groups -OCH3 is 2. The van der Waals surface area contributed by atoms with E-state index in [-0.39, 0.29) is 17.9 Å². The second kappa shape index (κ2) is 8.40. The average Bonchev–Trinajstić information content (AvgIpc) is 3.37. The molecule has 0 aliphatic carbocycles. The highest BCUT2D eigenvalue weighted by Crippen LogP contribution is 2.39. The molecule has 8 nitrogen and oxygen atoms in total. The van der Waals surface area contributed by atoms with Gasteiger partial charge in [-0.3, -0.25) is 9.59 Å². The molecule has 0 atom stereocenters. The summed E-state index contributed by atoms with van der Waals surface area (Å²) in [4.78, 5) is 29.0. The Hall–Kier alpha value is -3.37. The van der Waals surface area contributed by atoms with Gasteiger partial charge in [-0.1, -0.05) is 0 Å². The van der Waals surface area contributed by atoms with Crippen LogP contribution in [0.2, 0.25) is 0 Å². The number of rotatable bonds is 7. The van der Waals surface area contributed by atoms with Gasteiger partial charge in [-0.05, 0) is 24.4 Å². The molecule has 2 amide bonds. The van der Waals surface area contributed by atoms with Gasteiger partial charge in [-0.2, -0.15) is 0 Å². The molecular weight excluding hydrogens is 438 g/mol. The lowest BCUT2D eigenvalue weighted by Crippen LogP contribution is -2.23. The van der Waals surface area contributed by atoms with Crippen molar-refractivity contribution in [1.29, 1.82) is 0 Å². The van der Waals surface area contributed by atoms with Gasteiger partial charge in [0.05, 0.1) is 45.4 Å². The zero-order chi connectivity index (χ0) is 22.1. The molecule has 0 saturated carbocycles. The highest BCUT2D eigenvalue weighted by molar-refractivity contribution is 7.21. The Kier molecular flexibility index (Phi) is 5.66. The standard InChI is InChI=1S/C21H19N3O5S2/c1-10-23-19-17(31-10)8-14(11-4-5-30-20(11)19)29-9-18(25)24-13-7-16(28-3)15(27-2)6-12(13)21(22)26/h4-8H,9H2,1-3H3,(H2,22,26)(H,24,25). The number of aromatic nitrogens is 1. The number of nitrogens with zero attached hydrogens (tertiary/aromatic N) is 1. The number of carbonyl (C=O) groups is 2. The number of aryl methyl sites for hydroxylation is 1. The molecule has 0 aliphatic heterocycles. The molecule has 2 aromatic heterocycles. The zero-order valence-corrected chi connectivity index (χ0v) is 18.6. The number of nitrogens with one attached hydrogen (secondary N) is 1. The van der Waals surface area contributed by atoms with Crippen LogP contribution in [0.1, 0.15) is 15.4 Å². The fourth-order valence-electron chi connectivity index (χ4n) is 3.22. The predicted molar refractivity (Wildman–Crippen MR) is 122 cm³/mol. The maximum absolute atomic E-state index is 12.6. The van der Waals surface area contributed by atoms with Crippen molar-refractivity contribution in [2.45, 2.75) is 6.92 Å². The largest absolute Gasteiger partial charge is 0.493 e. The third kappa shape index (κ3) is 3.99. The van der Waals surface area contributed by atoms with Crippen molar-refractivity contribution in [2.24, 2.45) is 5.73 Å². The Balaban J connectivity index is 1.57. The SMILES string of the molecule is COc1cc(NC(=O)COc2cc3sc(C)nc3c3sccc23)c(C(N)=O)cc1OC. The second-order valence-corrected chi connectivity index (χ2v) is 8.72. The third-order valence-corrected chi connectivity index (χ3v) is 6.43. The van der Waals surface area contributed by atoms with Crippen LogP contribution in [-0.2, 0) is 4.79 Å². The minimum atomic E-state index is -0.705. The summed E-state index contributed by atoms with van der Waals surface area (Å²) in [7, 11) is 2.90. The fourth-order valence-corrected chi connectivity index (χ4v) is 5.06. The van der Waals surface area contributed by atoms with Crippen molar-refractivity contribution in [3.63, 3.8) is 0 Å². The molecule has 0 saturated heterocycles. The quantitative estimate of drug-likeness (QED) is 0.434. The molecule has 160 valence electrons. The first kappa shape index (κ1) is 20.9. The van der Waals surface area contributed by atoms with Gasteiger partial charge in [0.15, 0.2) is 18.1 Å². The first-order valence-corrected chi connectivity index (χ1v) is 10.9. The number of fused-ring (bicyclic) bond motifs is 3. The molecule has 0 bridgehead atoms. The first-order chi connectivity index (χ1) is 14.9. The molecule has 0 fully saturated rings. The number of benzene rings is 2. The summed E-state index contributed by atoms with van der Waals surface area (Å²) in [6.07, 6.45) is 0. The van der Waals surface area contributed by atoms with Crippen LogP contribution < -0.4 is 25.3 Å². The average molecular weight is 458 g/mol. The number of amides is 2. The smallest absolute Gasteiger partial charge is 0.262 e. The van der Waals surface area contributed by atoms with Gasteiger partial charge in [-0.25, -0.2) is 4.98 Å². The Morgan fingerprint density at radius 2 is 1.87 bits per heavy atom. The van der Waals surface area contributed by atoms with Crippen molar-refractivity contribution in [3.8, 4) is 17.2 Å². The summed E-state index contributed by atoms with van der Waals surface area (Å²) in [5.41, 5.74) is 6.72. The van der Waals surface area contributed by atoms with E-state index in [1.165, 1.54) is 26.4 Å². The lowest BCUT2D eigenvalue weighted by Gasteiger charge is -2.14. The molecule has 31 heavy (non-hydrogen) atoms. The Morgan fingerprint density at radius 3 is 2.58 bits per heavy atom. The number of nitrogens with two attached hydrogens (primary N) is 1. The topological polar surface area (TPSA) is 113 Å². The molecule has 10 heteroatoms. The fraction of sp³-hybridized carbons (Fsp3) is 0.190. The van der Waals surface area contributed by atoms with Crippen LogP contribution in [-0.4, -0.2) is 37.6 Å². The van der Waals surface area contributed by atoms with Gasteiger partial charge < -0.3 is 25.3 Å². The maximum Gasteiger partial charge on any atom is 0.262 e. The summed E-state index contributed by atoms with van der Waals surface area (Å²) in [5, 5.41) is 6.50. The first-order valence-electron chi connectivity index (χ1n) is 9.17. The Bertz CT molecular complexity index is 1310. The van der Waals surface area contributed by atoms with E-state index in [2.05, 4.69) is 10.3 Å². The number of thiophene rings is 1. The number of ether oxygens (including phenoxy) is 3. The van der Waals surface area contributed by atoms with E-state index in [0.717, 1.165) is 25.3 Å². The summed E-state index contributed by atoms with van der Waals surface area (Å²) in [6.45, 7) is 1.71. The minimum Gasteiger partial charge on any atom is -0.493 e. The summed E-state index contributed by atoms with van der Waals surface area (Å²) < 4.78 is 18.3. The van der Waals surface area contributed by atoms with Crippen LogP contribution in [0, 0.1) is 6.92 Å². The van der Waals surface area contributed by atoms with Crippen LogP contribution in [0.25, 0.3) is 20.3 Å². The Morgan fingerprint density at radius 1 is 1.13 bits per heavy atom. The number of hydrogen-bond donors (Lipinski definition) is 2. The van der Waals surface area contributed by atoms with Crippen molar-refractivity contribution in [2.75, 3.05) is 26.1 Å². The molecule has 0 unspecified atom stereocenters. The van der Waals surface area contributed by atoms with Gasteiger partial charge in [-0.15, -0.1) is 22.7 Å². The summed E-state index contributed by atoms with van der Waals surface area (Å²) in [6, 6.07) is 6.75. The molecule has 0 aliphatic rings. The summed E-state index contributed by atoms with van der Waals surface area (Å²) >= 11 is 3.15. The second-order valence-electron chi connectivity index (χ2n) is 6.57. The highest BCUT2D eigenvalue weighted by Gasteiger charge is 2.18. The maximum atomic E-state index is 12.6. The molecule has 0 radical (unpaired) electrons. The zero-order valence-electron chi connectivity index (χ0n) is 17.0. The van der Waals surface area contributed by atoms with Gasteiger partial charge in [0.25, 0.3) is 11.8 Å². The number of primary amides is 1. The van der Waals surface area contributed by atoms with Crippen molar-refractivity contribution in [3.05, 3.63) is 40.2 Å². The number of thiazole rings is 1. The van der Waals surface area contributed by atoms with Gasteiger partial charge in [0.2, 0.25) is 0 Å². The monoisotopic (exact) mass is 457 g/mol. The van der Waals surface area contributed by atoms with Gasteiger partial charge >= 0.3 is 0 Å². The van der Waals surface area contributed by atoms with E-state index in [4.69, 9.17) is 19.9 Å². The molecule has 0 spiro atoms. The number of carbonyl (C=O) groups excluding carboxylic acids is 2. The van der Waals surface area contributed by atoms with Crippen molar-refractivity contribution in [1.82, 2.24) is 4.98 Å². The normalized spacial score (nSPS) is 10.9. The van der Waals surface area contributed by atoms with E-state index >= 15 is 0 Å². The van der Waals surface area contributed by atoms with E-state index < -0.39 is 11.8 Å². The van der Waals surface area contributed by atoms with Gasteiger partial charge in [0.1, 0.15) is 5.75 Å². The van der Waals surface area contributed by atoms with Crippen molar-refractivity contribution < 1.29 is 23.8 Å². The molecule has 4 rings (SSSR count). The highest BCUT2D eigenvalue weighted by atomic mass is 32.1. The number of anilines is 1. The van der Waals surface area contributed by atoms with E-state index in [0.29, 0.717) is 17.2 Å². The molecule has 3 N–H and O–H groups in total. The van der Waals surface area contributed by atoms with E-state index in [9.17, 15) is 9.59 Å². The van der Waals surface area contributed by atoms with Crippen LogP contribution >= 0.6 is 22.7 Å². The van der Waals surface area contributed by atoms with Crippen LogP contribution in [0.5, 0.6) is 17.2 Å².